The smallest absolute Gasteiger partial charge is 0.324 e. The Morgan fingerprint density at radius 3 is 2.41 bits per heavy atom. The zero-order valence-corrected chi connectivity index (χ0v) is 24.9. The van der Waals surface area contributed by atoms with Gasteiger partial charge < -0.3 is 30.8 Å². The second kappa shape index (κ2) is 11.2. The number of urea groups is 1. The molecule has 3 heterocycles. The van der Waals surface area contributed by atoms with Crippen molar-refractivity contribution in [2.45, 2.75) is 72.8 Å². The zero-order valence-electron chi connectivity index (χ0n) is 24.9. The standard InChI is InChI=1S/C30H39N7O4/c1-16-21(32-17(2)26(16)36-25(38)11-12-31-30(6,7)8)14-20-19-10-9-18(13-22(19)34-27(20)39)33-28(40)35-24-15-23(41-37-24)29(3,4)5/h9-10,13-15,31-32H,11-12H2,1-8H3,(H,34,39)(H,36,38)(H2,33,35,37,40). The largest absolute Gasteiger partial charge is 0.359 e. The van der Waals surface area contributed by atoms with Crippen LogP contribution in [0.5, 0.6) is 0 Å². The van der Waals surface area contributed by atoms with Gasteiger partial charge in [0.2, 0.25) is 5.91 Å². The Morgan fingerprint density at radius 2 is 1.76 bits per heavy atom. The van der Waals surface area contributed by atoms with Gasteiger partial charge in [0.25, 0.3) is 5.91 Å². The van der Waals surface area contributed by atoms with E-state index in [2.05, 4.69) is 57.5 Å². The lowest BCUT2D eigenvalue weighted by Gasteiger charge is -2.20. The van der Waals surface area contributed by atoms with Crippen molar-refractivity contribution in [2.75, 3.05) is 27.8 Å². The molecular formula is C30H39N7O4. The van der Waals surface area contributed by atoms with Crippen LogP contribution in [0.2, 0.25) is 0 Å². The first-order valence-corrected chi connectivity index (χ1v) is 13.6. The molecule has 0 saturated heterocycles. The average Bonchev–Trinajstić information content (AvgIpc) is 3.51. The fourth-order valence-electron chi connectivity index (χ4n) is 4.39. The zero-order chi connectivity index (χ0) is 30.1. The third-order valence-corrected chi connectivity index (χ3v) is 6.59. The van der Waals surface area contributed by atoms with Gasteiger partial charge in [-0.3, -0.25) is 14.9 Å². The second-order valence-corrected chi connectivity index (χ2v) is 12.3. The van der Waals surface area contributed by atoms with Gasteiger partial charge in [-0.15, -0.1) is 0 Å². The molecule has 4 rings (SSSR count). The lowest BCUT2D eigenvalue weighted by atomic mass is 9.93. The maximum atomic E-state index is 12.9. The first kappa shape index (κ1) is 29.6. The highest BCUT2D eigenvalue weighted by atomic mass is 16.5. The molecule has 0 saturated carbocycles. The fourth-order valence-corrected chi connectivity index (χ4v) is 4.39. The number of aromatic nitrogens is 2. The number of benzene rings is 1. The van der Waals surface area contributed by atoms with Crippen molar-refractivity contribution in [3.8, 4) is 0 Å². The molecule has 0 spiro atoms. The number of anilines is 4. The minimum Gasteiger partial charge on any atom is -0.359 e. The van der Waals surface area contributed by atoms with Crippen molar-refractivity contribution in [2.24, 2.45) is 0 Å². The molecule has 218 valence electrons. The molecule has 6 N–H and O–H groups in total. The highest BCUT2D eigenvalue weighted by molar-refractivity contribution is 6.35. The van der Waals surface area contributed by atoms with E-state index < -0.39 is 6.03 Å². The van der Waals surface area contributed by atoms with Gasteiger partial charge in [-0.1, -0.05) is 32.0 Å². The average molecular weight is 562 g/mol. The van der Waals surface area contributed by atoms with Crippen LogP contribution in [-0.4, -0.2) is 40.1 Å². The molecule has 0 radical (unpaired) electrons. The number of amides is 4. The van der Waals surface area contributed by atoms with Crippen LogP contribution in [0.1, 0.15) is 76.2 Å². The summed E-state index contributed by atoms with van der Waals surface area (Å²) in [6, 6.07) is 6.39. The van der Waals surface area contributed by atoms with Crippen LogP contribution in [-0.2, 0) is 15.0 Å². The van der Waals surface area contributed by atoms with Gasteiger partial charge in [-0.25, -0.2) is 4.79 Å². The summed E-state index contributed by atoms with van der Waals surface area (Å²) in [5.41, 5.74) is 5.05. The molecule has 0 bridgehead atoms. The van der Waals surface area contributed by atoms with Crippen LogP contribution in [0.15, 0.2) is 28.8 Å². The summed E-state index contributed by atoms with van der Waals surface area (Å²) in [6.45, 7) is 16.5. The predicted molar refractivity (Wildman–Crippen MR) is 162 cm³/mol. The molecule has 0 aliphatic carbocycles. The van der Waals surface area contributed by atoms with Crippen LogP contribution < -0.4 is 26.6 Å². The molecule has 1 aliphatic rings. The summed E-state index contributed by atoms with van der Waals surface area (Å²) in [4.78, 5) is 41.2. The number of H-pyrrole nitrogens is 1. The maximum absolute atomic E-state index is 12.9. The van der Waals surface area contributed by atoms with E-state index in [4.69, 9.17) is 4.52 Å². The van der Waals surface area contributed by atoms with E-state index in [1.807, 2.05) is 34.6 Å². The molecule has 2 aromatic heterocycles. The van der Waals surface area contributed by atoms with Gasteiger partial charge in [0, 0.05) is 52.6 Å². The molecule has 11 heteroatoms. The minimum atomic E-state index is -0.486. The van der Waals surface area contributed by atoms with Crippen molar-refractivity contribution in [1.82, 2.24) is 15.5 Å². The van der Waals surface area contributed by atoms with Gasteiger partial charge in [-0.05, 0) is 58.4 Å². The van der Waals surface area contributed by atoms with Crippen molar-refractivity contribution >= 4 is 52.4 Å². The first-order chi connectivity index (χ1) is 19.1. The number of aromatic amines is 1. The van der Waals surface area contributed by atoms with Gasteiger partial charge >= 0.3 is 6.03 Å². The van der Waals surface area contributed by atoms with E-state index in [1.165, 1.54) is 0 Å². The maximum Gasteiger partial charge on any atom is 0.324 e. The van der Waals surface area contributed by atoms with Crippen molar-refractivity contribution in [3.05, 3.63) is 52.5 Å². The number of carbonyl (C=O) groups is 3. The molecular weight excluding hydrogens is 522 g/mol. The van der Waals surface area contributed by atoms with Crippen molar-refractivity contribution in [3.63, 3.8) is 0 Å². The highest BCUT2D eigenvalue weighted by Gasteiger charge is 2.26. The summed E-state index contributed by atoms with van der Waals surface area (Å²) in [5, 5.41) is 18.5. The Hall–Kier alpha value is -4.38. The van der Waals surface area contributed by atoms with Crippen LogP contribution >= 0.6 is 0 Å². The summed E-state index contributed by atoms with van der Waals surface area (Å²) in [7, 11) is 0. The molecule has 1 aliphatic heterocycles. The number of nitrogens with zero attached hydrogens (tertiary/aromatic N) is 1. The molecule has 0 atom stereocenters. The normalized spacial score (nSPS) is 14.1. The third-order valence-electron chi connectivity index (χ3n) is 6.59. The Morgan fingerprint density at radius 1 is 1.02 bits per heavy atom. The predicted octanol–water partition coefficient (Wildman–Crippen LogP) is 5.77. The van der Waals surface area contributed by atoms with Crippen molar-refractivity contribution < 1.29 is 18.9 Å². The molecule has 1 aromatic carbocycles. The van der Waals surface area contributed by atoms with Crippen LogP contribution in [0, 0.1) is 13.8 Å². The highest BCUT2D eigenvalue weighted by Crippen LogP contribution is 2.36. The molecule has 3 aromatic rings. The molecule has 0 unspecified atom stereocenters. The third kappa shape index (κ3) is 7.23. The van der Waals surface area contributed by atoms with Crippen molar-refractivity contribution in [1.29, 1.82) is 0 Å². The quantitative estimate of drug-likeness (QED) is 0.201. The SMILES string of the molecule is Cc1[nH]c(C=C2C(=O)Nc3cc(NC(=O)Nc4cc(C(C)(C)C)on4)ccc32)c(C)c1NC(=O)CCNC(C)(C)C. The number of fused-ring (bicyclic) bond motifs is 1. The Labute approximate surface area is 239 Å². The van der Waals surface area contributed by atoms with Crippen LogP contribution in [0.3, 0.4) is 0 Å². The number of nitrogens with one attached hydrogen (secondary N) is 6. The second-order valence-electron chi connectivity index (χ2n) is 12.3. The summed E-state index contributed by atoms with van der Waals surface area (Å²) in [5.74, 6) is 0.616. The van der Waals surface area contributed by atoms with E-state index in [9.17, 15) is 14.4 Å². The van der Waals surface area contributed by atoms with E-state index in [-0.39, 0.29) is 22.8 Å². The summed E-state index contributed by atoms with van der Waals surface area (Å²) in [6.07, 6.45) is 2.12. The van der Waals surface area contributed by atoms with Gasteiger partial charge in [0.1, 0.15) is 5.76 Å². The minimum absolute atomic E-state index is 0.0603. The molecule has 0 fully saturated rings. The summed E-state index contributed by atoms with van der Waals surface area (Å²) < 4.78 is 5.30. The van der Waals surface area contributed by atoms with E-state index in [0.717, 1.165) is 17.0 Å². The first-order valence-electron chi connectivity index (χ1n) is 13.6. The molecule has 11 nitrogen and oxygen atoms in total. The Bertz CT molecular complexity index is 1520. The topological polar surface area (TPSA) is 153 Å². The van der Waals surface area contributed by atoms with E-state index in [1.54, 1.807) is 30.3 Å². The van der Waals surface area contributed by atoms with Gasteiger partial charge in [0.05, 0.1) is 16.9 Å². The number of carbonyl (C=O) groups excluding carboxylic acids is 3. The Balaban J connectivity index is 1.45. The van der Waals surface area contributed by atoms with Crippen LogP contribution in [0.25, 0.3) is 11.6 Å². The number of rotatable bonds is 7. The summed E-state index contributed by atoms with van der Waals surface area (Å²) >= 11 is 0. The fraction of sp³-hybridized carbons (Fsp3) is 0.400. The molecule has 41 heavy (non-hydrogen) atoms. The monoisotopic (exact) mass is 561 g/mol. The van der Waals surface area contributed by atoms with E-state index >= 15 is 0 Å². The molecule has 4 amide bonds. The van der Waals surface area contributed by atoms with Crippen LogP contribution in [0.4, 0.5) is 27.7 Å². The lowest BCUT2D eigenvalue weighted by Crippen LogP contribution is -2.37. The number of hydrogen-bond donors (Lipinski definition) is 6. The number of hydrogen-bond acceptors (Lipinski definition) is 6. The van der Waals surface area contributed by atoms with Gasteiger partial charge in [-0.2, -0.15) is 0 Å². The van der Waals surface area contributed by atoms with E-state index in [0.29, 0.717) is 52.7 Å². The Kier molecular flexibility index (Phi) is 8.12. The lowest BCUT2D eigenvalue weighted by molar-refractivity contribution is -0.116. The van der Waals surface area contributed by atoms with Gasteiger partial charge in [0.15, 0.2) is 5.82 Å². The number of aryl methyl sites for hydroxylation is 1.